The molecule has 92 valence electrons. The molecular formula is C14H20N2O. The second-order valence-corrected chi connectivity index (χ2v) is 5.11. The predicted molar refractivity (Wildman–Crippen MR) is 68.3 cm³/mol. The summed E-state index contributed by atoms with van der Waals surface area (Å²) in [4.78, 5) is 13.6. The van der Waals surface area contributed by atoms with E-state index in [0.29, 0.717) is 5.92 Å². The van der Waals surface area contributed by atoms with Gasteiger partial charge >= 0.3 is 0 Å². The van der Waals surface area contributed by atoms with E-state index in [0.717, 1.165) is 19.6 Å². The average Bonchev–Trinajstić information content (AvgIpc) is 2.63. The second-order valence-electron chi connectivity index (χ2n) is 5.11. The number of nitrogens with zero attached hydrogens (tertiary/aromatic N) is 1. The molecule has 0 saturated carbocycles. The molecule has 0 bridgehead atoms. The minimum absolute atomic E-state index is 0.0130. The Morgan fingerprint density at radius 2 is 2.12 bits per heavy atom. The van der Waals surface area contributed by atoms with Crippen LogP contribution in [0.25, 0.3) is 0 Å². The third-order valence-electron chi connectivity index (χ3n) is 3.71. The predicted octanol–water partition coefficient (Wildman–Crippen LogP) is 1.55. The number of aryl methyl sites for hydroxylation is 1. The Morgan fingerprint density at radius 1 is 1.41 bits per heavy atom. The van der Waals surface area contributed by atoms with E-state index in [1.807, 2.05) is 0 Å². The van der Waals surface area contributed by atoms with Gasteiger partial charge in [0.2, 0.25) is 5.91 Å². The van der Waals surface area contributed by atoms with Gasteiger partial charge in [0.15, 0.2) is 0 Å². The first-order chi connectivity index (χ1) is 8.08. The Morgan fingerprint density at radius 3 is 2.71 bits per heavy atom. The van der Waals surface area contributed by atoms with E-state index in [2.05, 4.69) is 43.0 Å². The number of rotatable bonds is 3. The van der Waals surface area contributed by atoms with Crippen LogP contribution in [0.5, 0.6) is 0 Å². The first kappa shape index (κ1) is 12.1. The molecule has 2 rings (SSSR count). The summed E-state index contributed by atoms with van der Waals surface area (Å²) >= 11 is 0. The summed E-state index contributed by atoms with van der Waals surface area (Å²) < 4.78 is 0. The maximum absolute atomic E-state index is 11.3. The van der Waals surface area contributed by atoms with Gasteiger partial charge in [-0.3, -0.25) is 9.69 Å². The lowest BCUT2D eigenvalue weighted by atomic mass is 9.98. The van der Waals surface area contributed by atoms with Crippen LogP contribution in [0.2, 0.25) is 0 Å². The summed E-state index contributed by atoms with van der Waals surface area (Å²) in [6, 6.07) is 8.39. The Kier molecular flexibility index (Phi) is 3.48. The van der Waals surface area contributed by atoms with Crippen molar-refractivity contribution < 1.29 is 4.79 Å². The maximum Gasteiger partial charge on any atom is 0.222 e. The molecule has 1 aromatic rings. The van der Waals surface area contributed by atoms with Gasteiger partial charge in [-0.15, -0.1) is 0 Å². The molecule has 0 aromatic heterocycles. The van der Waals surface area contributed by atoms with Gasteiger partial charge in [0, 0.05) is 19.6 Å². The summed E-state index contributed by atoms with van der Waals surface area (Å²) in [7, 11) is 0. The van der Waals surface area contributed by atoms with Crippen LogP contribution in [0.15, 0.2) is 24.3 Å². The van der Waals surface area contributed by atoms with Crippen molar-refractivity contribution in [2.24, 2.45) is 17.6 Å². The first-order valence-corrected chi connectivity index (χ1v) is 6.14. The lowest BCUT2D eigenvalue weighted by Gasteiger charge is -2.16. The van der Waals surface area contributed by atoms with Crippen LogP contribution in [0.1, 0.15) is 18.1 Å². The number of primary amides is 1. The van der Waals surface area contributed by atoms with E-state index in [1.54, 1.807) is 0 Å². The highest BCUT2D eigenvalue weighted by Gasteiger charge is 2.33. The number of hydrogen-bond acceptors (Lipinski definition) is 2. The van der Waals surface area contributed by atoms with Crippen LogP contribution in [0.4, 0.5) is 0 Å². The van der Waals surface area contributed by atoms with Gasteiger partial charge in [-0.2, -0.15) is 0 Å². The Hall–Kier alpha value is -1.35. The van der Waals surface area contributed by atoms with E-state index in [4.69, 9.17) is 5.73 Å². The lowest BCUT2D eigenvalue weighted by molar-refractivity contribution is -0.122. The standard InChI is InChI=1S/C14H20N2O/c1-10-5-3-4-6-12(10)8-16-7-11(2)13(9-16)14(15)17/h3-6,11,13H,7-9H2,1-2H3,(H2,15,17)/t11-,13-/m1/s1. The van der Waals surface area contributed by atoms with E-state index in [9.17, 15) is 4.79 Å². The van der Waals surface area contributed by atoms with Crippen molar-refractivity contribution in [2.45, 2.75) is 20.4 Å². The van der Waals surface area contributed by atoms with Gasteiger partial charge in [0.25, 0.3) is 0 Å². The monoisotopic (exact) mass is 232 g/mol. The zero-order chi connectivity index (χ0) is 12.4. The maximum atomic E-state index is 11.3. The summed E-state index contributed by atoms with van der Waals surface area (Å²) in [5, 5.41) is 0. The molecule has 1 fully saturated rings. The minimum Gasteiger partial charge on any atom is -0.369 e. The minimum atomic E-state index is -0.162. The van der Waals surface area contributed by atoms with Crippen LogP contribution in [-0.2, 0) is 11.3 Å². The molecule has 1 aliphatic rings. The molecule has 1 heterocycles. The molecule has 1 aliphatic heterocycles. The molecular weight excluding hydrogens is 212 g/mol. The van der Waals surface area contributed by atoms with Gasteiger partial charge in [-0.05, 0) is 24.0 Å². The molecule has 0 radical (unpaired) electrons. The lowest BCUT2D eigenvalue weighted by Crippen LogP contribution is -2.29. The third kappa shape index (κ3) is 2.67. The summed E-state index contributed by atoms with van der Waals surface area (Å²) in [5.74, 6) is 0.223. The van der Waals surface area contributed by atoms with E-state index in [1.165, 1.54) is 11.1 Å². The number of likely N-dealkylation sites (tertiary alicyclic amines) is 1. The number of carbonyl (C=O) groups is 1. The first-order valence-electron chi connectivity index (χ1n) is 6.14. The number of nitrogens with two attached hydrogens (primary N) is 1. The smallest absolute Gasteiger partial charge is 0.222 e. The molecule has 1 amide bonds. The quantitative estimate of drug-likeness (QED) is 0.859. The number of amides is 1. The highest BCUT2D eigenvalue weighted by Crippen LogP contribution is 2.24. The summed E-state index contributed by atoms with van der Waals surface area (Å²) in [6.45, 7) is 6.90. The fourth-order valence-corrected chi connectivity index (χ4v) is 2.60. The topological polar surface area (TPSA) is 46.3 Å². The number of hydrogen-bond donors (Lipinski definition) is 1. The largest absolute Gasteiger partial charge is 0.369 e. The zero-order valence-corrected chi connectivity index (χ0v) is 10.5. The van der Waals surface area contributed by atoms with Gasteiger partial charge in [-0.1, -0.05) is 31.2 Å². The van der Waals surface area contributed by atoms with Crippen molar-refractivity contribution >= 4 is 5.91 Å². The highest BCUT2D eigenvalue weighted by molar-refractivity contribution is 5.77. The summed E-state index contributed by atoms with van der Waals surface area (Å²) in [5.41, 5.74) is 8.05. The van der Waals surface area contributed by atoms with Gasteiger partial charge in [0.1, 0.15) is 0 Å². The Labute approximate surface area is 103 Å². The van der Waals surface area contributed by atoms with E-state index in [-0.39, 0.29) is 11.8 Å². The average molecular weight is 232 g/mol. The molecule has 0 unspecified atom stereocenters. The number of benzene rings is 1. The van der Waals surface area contributed by atoms with Crippen molar-refractivity contribution in [1.29, 1.82) is 0 Å². The van der Waals surface area contributed by atoms with E-state index < -0.39 is 0 Å². The van der Waals surface area contributed by atoms with Crippen molar-refractivity contribution in [3.05, 3.63) is 35.4 Å². The SMILES string of the molecule is Cc1ccccc1CN1C[C@@H](C)[C@H](C(N)=O)C1. The molecule has 1 saturated heterocycles. The van der Waals surface area contributed by atoms with Gasteiger partial charge in [-0.25, -0.2) is 0 Å². The molecule has 0 aliphatic carbocycles. The fraction of sp³-hybridized carbons (Fsp3) is 0.500. The van der Waals surface area contributed by atoms with Crippen LogP contribution < -0.4 is 5.73 Å². The van der Waals surface area contributed by atoms with Crippen LogP contribution in [0.3, 0.4) is 0 Å². The fourth-order valence-electron chi connectivity index (χ4n) is 2.60. The second kappa shape index (κ2) is 4.88. The summed E-state index contributed by atoms with van der Waals surface area (Å²) in [6.07, 6.45) is 0. The zero-order valence-electron chi connectivity index (χ0n) is 10.5. The third-order valence-corrected chi connectivity index (χ3v) is 3.71. The number of carbonyl (C=O) groups excluding carboxylic acids is 1. The van der Waals surface area contributed by atoms with Crippen molar-refractivity contribution in [3.8, 4) is 0 Å². The molecule has 1 aromatic carbocycles. The Bertz CT molecular complexity index is 416. The van der Waals surface area contributed by atoms with Crippen molar-refractivity contribution in [1.82, 2.24) is 4.90 Å². The van der Waals surface area contributed by atoms with Gasteiger partial charge < -0.3 is 5.73 Å². The van der Waals surface area contributed by atoms with Crippen molar-refractivity contribution in [3.63, 3.8) is 0 Å². The van der Waals surface area contributed by atoms with Gasteiger partial charge in [0.05, 0.1) is 5.92 Å². The Balaban J connectivity index is 2.03. The highest BCUT2D eigenvalue weighted by atomic mass is 16.1. The molecule has 0 spiro atoms. The molecule has 3 nitrogen and oxygen atoms in total. The van der Waals surface area contributed by atoms with Crippen LogP contribution in [-0.4, -0.2) is 23.9 Å². The molecule has 3 heteroatoms. The molecule has 17 heavy (non-hydrogen) atoms. The molecule has 2 atom stereocenters. The normalized spacial score (nSPS) is 25.1. The molecule has 2 N–H and O–H groups in total. The van der Waals surface area contributed by atoms with Crippen LogP contribution in [0, 0.1) is 18.8 Å². The van der Waals surface area contributed by atoms with Crippen molar-refractivity contribution in [2.75, 3.05) is 13.1 Å². The van der Waals surface area contributed by atoms with E-state index >= 15 is 0 Å². The van der Waals surface area contributed by atoms with Crippen LogP contribution >= 0.6 is 0 Å².